The monoisotopic (exact) mass is 535 g/mol. The van der Waals surface area contributed by atoms with Crippen molar-refractivity contribution in [3.05, 3.63) is 70.0 Å². The smallest absolute Gasteiger partial charge is 0.419 e. The minimum atomic E-state index is -4.64. The molecule has 34 heavy (non-hydrogen) atoms. The largest absolute Gasteiger partial charge is 0.489 e. The van der Waals surface area contributed by atoms with Crippen LogP contribution < -0.4 is 10.5 Å². The molecular formula is C23H21BrF3N5O2. The van der Waals surface area contributed by atoms with Crippen molar-refractivity contribution in [2.45, 2.75) is 25.1 Å². The van der Waals surface area contributed by atoms with Gasteiger partial charge in [-0.3, -0.25) is 5.41 Å². The van der Waals surface area contributed by atoms with Gasteiger partial charge in [0, 0.05) is 16.6 Å². The van der Waals surface area contributed by atoms with Crippen molar-refractivity contribution >= 4 is 28.0 Å². The zero-order valence-electron chi connectivity index (χ0n) is 17.8. The first-order valence-corrected chi connectivity index (χ1v) is 11.2. The molecule has 1 atom stereocenters. The topological polar surface area (TPSA) is 101 Å². The summed E-state index contributed by atoms with van der Waals surface area (Å²) in [5.74, 6) is -0.166. The Kier molecular flexibility index (Phi) is 6.92. The Labute approximate surface area is 202 Å². The lowest BCUT2D eigenvalue weighted by Crippen LogP contribution is -2.35. The summed E-state index contributed by atoms with van der Waals surface area (Å²) in [4.78, 5) is 5.89. The minimum Gasteiger partial charge on any atom is -0.489 e. The van der Waals surface area contributed by atoms with Crippen LogP contribution in [0.3, 0.4) is 0 Å². The fourth-order valence-electron chi connectivity index (χ4n) is 3.75. The summed E-state index contributed by atoms with van der Waals surface area (Å²) in [7, 11) is 0. The second-order valence-electron chi connectivity index (χ2n) is 7.67. The Hall–Kier alpha value is -3.34. The Bertz CT molecular complexity index is 1210. The number of likely N-dealkylation sites (tertiary alicyclic amines) is 1. The van der Waals surface area contributed by atoms with Crippen molar-refractivity contribution in [1.29, 1.82) is 5.41 Å². The quantitative estimate of drug-likeness (QED) is 0.313. The van der Waals surface area contributed by atoms with Crippen molar-refractivity contribution in [1.82, 2.24) is 15.0 Å². The molecule has 1 aromatic heterocycles. The van der Waals surface area contributed by atoms with Crippen molar-refractivity contribution in [3.8, 4) is 17.1 Å². The van der Waals surface area contributed by atoms with Gasteiger partial charge in [-0.05, 0) is 54.8 Å². The average Bonchev–Trinajstić information content (AvgIpc) is 3.46. The number of guanidine groups is 1. The highest BCUT2D eigenvalue weighted by Crippen LogP contribution is 2.39. The second-order valence-corrected chi connectivity index (χ2v) is 8.59. The van der Waals surface area contributed by atoms with E-state index in [4.69, 9.17) is 20.4 Å². The van der Waals surface area contributed by atoms with Crippen LogP contribution in [0.2, 0.25) is 0 Å². The lowest BCUT2D eigenvalue weighted by Gasteiger charge is -2.21. The molecule has 0 spiro atoms. The zero-order valence-corrected chi connectivity index (χ0v) is 19.4. The Balaban J connectivity index is 1.52. The molecule has 0 aliphatic carbocycles. The number of hydrogen-bond donors (Lipinski definition) is 2. The summed E-state index contributed by atoms with van der Waals surface area (Å²) >= 11 is 3.37. The van der Waals surface area contributed by atoms with Crippen LogP contribution in [0, 0.1) is 5.41 Å². The van der Waals surface area contributed by atoms with Gasteiger partial charge in [0.05, 0.1) is 5.56 Å². The first-order valence-electron chi connectivity index (χ1n) is 10.4. The van der Waals surface area contributed by atoms with Gasteiger partial charge in [0.1, 0.15) is 18.4 Å². The molecular weight excluding hydrogens is 515 g/mol. The fraction of sp³-hybridized carbons (Fsp3) is 0.261. The Morgan fingerprint density at radius 3 is 2.85 bits per heavy atom. The maximum atomic E-state index is 13.7. The fourth-order valence-corrected chi connectivity index (χ4v) is 4.17. The van der Waals surface area contributed by atoms with Crippen molar-refractivity contribution < 1.29 is 22.4 Å². The standard InChI is InChI=1S/C23H21BrF3N5O2/c24-16-6-1-4-14(12-16)5-3-11-33-19-9-8-15(13-17(19)23(25,26)27)20-30-21(34-31-20)18-7-2-10-32(18)22(28)29/h1,3-6,8-9,12-13,18H,2,7,10-11H2,(H3,28,29)/b5-3+. The van der Waals surface area contributed by atoms with Crippen LogP contribution in [0.5, 0.6) is 5.75 Å². The molecule has 0 bridgehead atoms. The number of halogens is 4. The van der Waals surface area contributed by atoms with E-state index >= 15 is 0 Å². The molecule has 1 unspecified atom stereocenters. The van der Waals surface area contributed by atoms with Crippen LogP contribution in [0.15, 0.2) is 57.5 Å². The molecule has 1 aliphatic heterocycles. The number of benzene rings is 2. The Morgan fingerprint density at radius 2 is 2.12 bits per heavy atom. The van der Waals surface area contributed by atoms with E-state index in [0.717, 1.165) is 22.5 Å². The molecule has 0 amide bonds. The second kappa shape index (κ2) is 9.88. The number of nitrogens with two attached hydrogens (primary N) is 1. The van der Waals surface area contributed by atoms with E-state index in [9.17, 15) is 13.2 Å². The molecule has 2 heterocycles. The highest BCUT2D eigenvalue weighted by atomic mass is 79.9. The van der Waals surface area contributed by atoms with E-state index in [1.54, 1.807) is 17.1 Å². The van der Waals surface area contributed by atoms with Gasteiger partial charge in [0.25, 0.3) is 0 Å². The predicted molar refractivity (Wildman–Crippen MR) is 124 cm³/mol. The third-order valence-corrected chi connectivity index (χ3v) is 5.82. The van der Waals surface area contributed by atoms with E-state index in [2.05, 4.69) is 26.1 Å². The average molecular weight is 536 g/mol. The first kappa shape index (κ1) is 23.8. The van der Waals surface area contributed by atoms with Crippen LogP contribution in [-0.2, 0) is 6.18 Å². The van der Waals surface area contributed by atoms with Gasteiger partial charge in [0.15, 0.2) is 5.96 Å². The summed E-state index contributed by atoms with van der Waals surface area (Å²) in [6.07, 6.45) is 0.227. The van der Waals surface area contributed by atoms with Gasteiger partial charge in [-0.1, -0.05) is 39.3 Å². The van der Waals surface area contributed by atoms with Gasteiger partial charge in [-0.15, -0.1) is 0 Å². The normalized spacial score (nSPS) is 16.4. The van der Waals surface area contributed by atoms with Crippen LogP contribution in [0.1, 0.15) is 35.9 Å². The molecule has 3 N–H and O–H groups in total. The highest BCUT2D eigenvalue weighted by molar-refractivity contribution is 9.10. The number of hydrogen-bond acceptors (Lipinski definition) is 5. The van der Waals surface area contributed by atoms with Gasteiger partial charge in [-0.2, -0.15) is 18.2 Å². The van der Waals surface area contributed by atoms with Crippen LogP contribution in [0.4, 0.5) is 13.2 Å². The summed E-state index contributed by atoms with van der Waals surface area (Å²) in [5, 5.41) is 11.5. The molecule has 0 saturated carbocycles. The minimum absolute atomic E-state index is 0.0250. The third-order valence-electron chi connectivity index (χ3n) is 5.33. The summed E-state index contributed by atoms with van der Waals surface area (Å²) in [5.41, 5.74) is 5.70. The van der Waals surface area contributed by atoms with Crippen LogP contribution in [-0.4, -0.2) is 34.2 Å². The zero-order chi connectivity index (χ0) is 24.3. The maximum absolute atomic E-state index is 13.7. The number of nitrogens with zero attached hydrogens (tertiary/aromatic N) is 3. The van der Waals surface area contributed by atoms with Gasteiger partial charge >= 0.3 is 6.18 Å². The lowest BCUT2D eigenvalue weighted by molar-refractivity contribution is -0.138. The molecule has 1 saturated heterocycles. The first-order chi connectivity index (χ1) is 16.2. The molecule has 3 aromatic rings. The van der Waals surface area contributed by atoms with Gasteiger partial charge < -0.3 is 19.9 Å². The Morgan fingerprint density at radius 1 is 1.29 bits per heavy atom. The SMILES string of the molecule is N=C(N)N1CCCC1c1nc(-c2ccc(OC/C=C/c3cccc(Br)c3)c(C(F)(F)F)c2)no1. The molecule has 7 nitrogen and oxygen atoms in total. The summed E-state index contributed by atoms with van der Waals surface area (Å²) in [6.45, 7) is 0.543. The molecule has 4 rings (SSSR count). The van der Waals surface area contributed by atoms with Crippen LogP contribution in [0.25, 0.3) is 17.5 Å². The number of rotatable bonds is 6. The van der Waals surface area contributed by atoms with E-state index in [0.29, 0.717) is 13.0 Å². The number of alkyl halides is 3. The molecule has 1 aliphatic rings. The van der Waals surface area contributed by atoms with Crippen molar-refractivity contribution in [2.75, 3.05) is 13.2 Å². The number of ether oxygens (including phenoxy) is 1. The van der Waals surface area contributed by atoms with Crippen molar-refractivity contribution in [3.63, 3.8) is 0 Å². The van der Waals surface area contributed by atoms with Crippen LogP contribution >= 0.6 is 15.9 Å². The molecule has 2 aromatic carbocycles. The molecule has 178 valence electrons. The van der Waals surface area contributed by atoms with Crippen molar-refractivity contribution in [2.24, 2.45) is 5.73 Å². The third kappa shape index (κ3) is 5.41. The number of aromatic nitrogens is 2. The van der Waals surface area contributed by atoms with Gasteiger partial charge in [0.2, 0.25) is 11.7 Å². The summed E-state index contributed by atoms with van der Waals surface area (Å²) < 4.78 is 52.8. The summed E-state index contributed by atoms with van der Waals surface area (Å²) in [6, 6.07) is 10.8. The molecule has 1 fully saturated rings. The van der Waals surface area contributed by atoms with E-state index < -0.39 is 11.7 Å². The van der Waals surface area contributed by atoms with E-state index in [-0.39, 0.29) is 41.6 Å². The van der Waals surface area contributed by atoms with Gasteiger partial charge in [-0.25, -0.2) is 0 Å². The lowest BCUT2D eigenvalue weighted by atomic mass is 10.1. The maximum Gasteiger partial charge on any atom is 0.419 e. The van der Waals surface area contributed by atoms with E-state index in [1.807, 2.05) is 24.3 Å². The van der Waals surface area contributed by atoms with E-state index in [1.165, 1.54) is 12.1 Å². The molecule has 11 heteroatoms. The highest BCUT2D eigenvalue weighted by Gasteiger charge is 2.36. The predicted octanol–water partition coefficient (Wildman–Crippen LogP) is 5.64. The number of nitrogens with one attached hydrogen (secondary N) is 1. The molecule has 0 radical (unpaired) electrons.